The number of rotatable bonds is 7. The largest absolute Gasteiger partial charge is 0.437 e. The minimum atomic E-state index is -0.461. The monoisotopic (exact) mass is 293 g/mol. The van der Waals surface area contributed by atoms with E-state index in [4.69, 9.17) is 16.6 Å². The molecular formula is C12H17BClN5O. The number of fused-ring (bicyclic) bond motifs is 1. The molecule has 0 aliphatic rings. The molecule has 0 aliphatic carbocycles. The van der Waals surface area contributed by atoms with Crippen LogP contribution in [0, 0.1) is 0 Å². The molecule has 0 radical (unpaired) electrons. The highest BCUT2D eigenvalue weighted by Crippen LogP contribution is 2.20. The smallest absolute Gasteiger partial charge is 0.373 e. The van der Waals surface area contributed by atoms with E-state index in [-0.39, 0.29) is 0 Å². The maximum absolute atomic E-state index is 9.07. The first-order valence-electron chi connectivity index (χ1n) is 6.59. The molecule has 2 aromatic rings. The summed E-state index contributed by atoms with van der Waals surface area (Å²) in [5.41, 5.74) is 1.45. The van der Waals surface area contributed by atoms with Crippen LogP contribution in [0.15, 0.2) is 18.5 Å². The lowest BCUT2D eigenvalue weighted by molar-refractivity contribution is 0.549. The average Bonchev–Trinajstić information content (AvgIpc) is 2.42. The predicted octanol–water partition coefficient (Wildman–Crippen LogP) is 1.57. The van der Waals surface area contributed by atoms with E-state index >= 15 is 0 Å². The van der Waals surface area contributed by atoms with Gasteiger partial charge in [0.2, 0.25) is 0 Å². The number of hydrogen-bond donors (Lipinski definition) is 3. The van der Waals surface area contributed by atoms with Gasteiger partial charge in [0.25, 0.3) is 0 Å². The Kier molecular flexibility index (Phi) is 5.52. The Hall–Kier alpha value is -1.44. The molecule has 3 N–H and O–H groups in total. The molecular weight excluding hydrogens is 276 g/mol. The highest BCUT2D eigenvalue weighted by molar-refractivity contribution is 6.45. The topological polar surface area (TPSA) is 83.0 Å². The first-order chi connectivity index (χ1) is 9.66. The number of nitrogens with zero attached hydrogens (tertiary/aromatic N) is 3. The molecule has 0 bridgehead atoms. The van der Waals surface area contributed by atoms with Gasteiger partial charge in [-0.05, 0) is 26.2 Å². The maximum Gasteiger partial charge on any atom is 0.373 e. The van der Waals surface area contributed by atoms with Crippen LogP contribution < -0.4 is 10.5 Å². The second-order valence-corrected chi connectivity index (χ2v) is 4.87. The van der Waals surface area contributed by atoms with E-state index in [1.54, 1.807) is 25.3 Å². The van der Waals surface area contributed by atoms with Crippen LogP contribution in [0.25, 0.3) is 11.0 Å². The number of nitrogens with one attached hydrogen (secondary N) is 2. The lowest BCUT2D eigenvalue weighted by Gasteiger charge is -2.08. The Labute approximate surface area is 123 Å². The van der Waals surface area contributed by atoms with Crippen LogP contribution >= 0.6 is 11.6 Å². The van der Waals surface area contributed by atoms with Gasteiger partial charge in [-0.1, -0.05) is 11.6 Å². The molecule has 2 rings (SSSR count). The van der Waals surface area contributed by atoms with E-state index in [9.17, 15) is 0 Å². The number of hydrogen-bond acceptors (Lipinski definition) is 6. The Morgan fingerprint density at radius 3 is 2.80 bits per heavy atom. The molecule has 0 amide bonds. The molecule has 106 valence electrons. The number of halogens is 1. The van der Waals surface area contributed by atoms with Crippen molar-refractivity contribution in [1.82, 2.24) is 20.2 Å². The van der Waals surface area contributed by atoms with Gasteiger partial charge in [0, 0.05) is 25.0 Å². The highest BCUT2D eigenvalue weighted by atomic mass is 35.5. The van der Waals surface area contributed by atoms with Crippen LogP contribution in [0.5, 0.6) is 0 Å². The fourth-order valence-electron chi connectivity index (χ4n) is 1.83. The maximum atomic E-state index is 9.07. The SMILES string of the molecule is CB(O)NCCCCNc1nc(Cl)cc2nccnc12. The van der Waals surface area contributed by atoms with Crippen molar-refractivity contribution in [3.63, 3.8) is 0 Å². The van der Waals surface area contributed by atoms with Gasteiger partial charge in [0.15, 0.2) is 5.82 Å². The van der Waals surface area contributed by atoms with Gasteiger partial charge in [0.1, 0.15) is 10.7 Å². The second-order valence-electron chi connectivity index (χ2n) is 4.48. The van der Waals surface area contributed by atoms with Crippen LogP contribution in [0.2, 0.25) is 12.0 Å². The lowest BCUT2D eigenvalue weighted by Crippen LogP contribution is -2.31. The van der Waals surface area contributed by atoms with Crippen LogP contribution in [0.1, 0.15) is 12.8 Å². The predicted molar refractivity (Wildman–Crippen MR) is 81.9 cm³/mol. The quantitative estimate of drug-likeness (QED) is 0.408. The van der Waals surface area contributed by atoms with E-state index in [2.05, 4.69) is 25.5 Å². The Balaban J connectivity index is 1.90. The lowest BCUT2D eigenvalue weighted by atomic mass is 9.89. The molecule has 0 saturated carbocycles. The van der Waals surface area contributed by atoms with Gasteiger partial charge < -0.3 is 15.6 Å². The van der Waals surface area contributed by atoms with Crippen molar-refractivity contribution >= 4 is 35.5 Å². The van der Waals surface area contributed by atoms with Gasteiger partial charge in [-0.25, -0.2) is 9.97 Å². The van der Waals surface area contributed by atoms with Crippen molar-refractivity contribution in [2.75, 3.05) is 18.4 Å². The molecule has 0 atom stereocenters. The molecule has 0 saturated heterocycles. The number of unbranched alkanes of at least 4 members (excludes halogenated alkanes) is 1. The van der Waals surface area contributed by atoms with Crippen molar-refractivity contribution < 1.29 is 5.02 Å². The summed E-state index contributed by atoms with van der Waals surface area (Å²) in [6.07, 6.45) is 5.18. The van der Waals surface area contributed by atoms with E-state index in [0.29, 0.717) is 11.0 Å². The zero-order valence-corrected chi connectivity index (χ0v) is 12.1. The first kappa shape index (κ1) is 15.0. The van der Waals surface area contributed by atoms with Crippen molar-refractivity contribution in [2.24, 2.45) is 0 Å². The van der Waals surface area contributed by atoms with E-state index < -0.39 is 7.05 Å². The fourth-order valence-corrected chi connectivity index (χ4v) is 2.02. The average molecular weight is 294 g/mol. The molecule has 2 heterocycles. The molecule has 2 aromatic heterocycles. The van der Waals surface area contributed by atoms with E-state index in [0.717, 1.165) is 37.0 Å². The summed E-state index contributed by atoms with van der Waals surface area (Å²) in [7, 11) is -0.461. The molecule has 0 aliphatic heterocycles. The first-order valence-corrected chi connectivity index (χ1v) is 6.97. The van der Waals surface area contributed by atoms with Crippen molar-refractivity contribution in [2.45, 2.75) is 19.7 Å². The Morgan fingerprint density at radius 2 is 2.00 bits per heavy atom. The minimum Gasteiger partial charge on any atom is -0.437 e. The van der Waals surface area contributed by atoms with E-state index in [1.807, 2.05) is 0 Å². The van der Waals surface area contributed by atoms with Crippen molar-refractivity contribution in [1.29, 1.82) is 0 Å². The molecule has 0 unspecified atom stereocenters. The number of anilines is 1. The summed E-state index contributed by atoms with van der Waals surface area (Å²) < 4.78 is 0. The van der Waals surface area contributed by atoms with Crippen LogP contribution in [-0.2, 0) is 0 Å². The Morgan fingerprint density at radius 1 is 1.25 bits per heavy atom. The zero-order chi connectivity index (χ0) is 14.4. The summed E-state index contributed by atoms with van der Waals surface area (Å²) in [6, 6.07) is 1.70. The van der Waals surface area contributed by atoms with Crippen LogP contribution in [0.4, 0.5) is 5.82 Å². The molecule has 0 fully saturated rings. The molecule has 20 heavy (non-hydrogen) atoms. The van der Waals surface area contributed by atoms with Gasteiger partial charge in [-0.3, -0.25) is 4.98 Å². The molecule has 6 nitrogen and oxygen atoms in total. The van der Waals surface area contributed by atoms with Gasteiger partial charge in [-0.15, -0.1) is 0 Å². The summed E-state index contributed by atoms with van der Waals surface area (Å²) >= 11 is 5.96. The number of aromatic nitrogens is 3. The summed E-state index contributed by atoms with van der Waals surface area (Å²) in [6.45, 7) is 3.25. The third-order valence-corrected chi connectivity index (χ3v) is 2.95. The zero-order valence-electron chi connectivity index (χ0n) is 11.3. The minimum absolute atomic E-state index is 0.399. The van der Waals surface area contributed by atoms with E-state index in [1.165, 1.54) is 0 Å². The normalized spacial score (nSPS) is 10.8. The standard InChI is InChI=1S/C12H17BClN5O/c1-13(20)18-5-3-2-4-17-12-11-9(8-10(14)19-12)15-6-7-16-11/h6-8,18,20H,2-5H2,1H3,(H,17,19). The highest BCUT2D eigenvalue weighted by Gasteiger charge is 2.06. The van der Waals surface area contributed by atoms with Crippen molar-refractivity contribution in [3.05, 3.63) is 23.6 Å². The van der Waals surface area contributed by atoms with Crippen LogP contribution in [0.3, 0.4) is 0 Å². The van der Waals surface area contributed by atoms with Gasteiger partial charge >= 0.3 is 7.05 Å². The third-order valence-electron chi connectivity index (χ3n) is 2.76. The summed E-state index contributed by atoms with van der Waals surface area (Å²) in [4.78, 5) is 12.7. The number of pyridine rings is 1. The van der Waals surface area contributed by atoms with Gasteiger partial charge in [0.05, 0.1) is 5.52 Å². The molecule has 0 spiro atoms. The van der Waals surface area contributed by atoms with Crippen LogP contribution in [-0.4, -0.2) is 40.1 Å². The van der Waals surface area contributed by atoms with Gasteiger partial charge in [-0.2, -0.15) is 0 Å². The third kappa shape index (κ3) is 4.30. The van der Waals surface area contributed by atoms with Crippen molar-refractivity contribution in [3.8, 4) is 0 Å². The Bertz CT molecular complexity index is 569. The fraction of sp³-hybridized carbons (Fsp3) is 0.417. The second kappa shape index (κ2) is 7.37. The summed E-state index contributed by atoms with van der Waals surface area (Å²) in [5, 5.41) is 15.6. The molecule has 8 heteroatoms. The molecule has 0 aromatic carbocycles. The summed E-state index contributed by atoms with van der Waals surface area (Å²) in [5.74, 6) is 0.657.